The fraction of sp³-hybridized carbons (Fsp3) is 0.190. The lowest BCUT2D eigenvalue weighted by molar-refractivity contribution is -0.118. The number of nitrogens with one attached hydrogen (secondary N) is 2. The summed E-state index contributed by atoms with van der Waals surface area (Å²) in [6.45, 7) is 3.53. The van der Waals surface area contributed by atoms with Crippen LogP contribution in [-0.2, 0) is 9.59 Å². The number of para-hydroxylation sites is 1. The first-order valence-corrected chi connectivity index (χ1v) is 8.48. The molecule has 0 bridgehead atoms. The molecule has 0 saturated heterocycles. The highest BCUT2D eigenvalue weighted by Crippen LogP contribution is 2.15. The van der Waals surface area contributed by atoms with Crippen LogP contribution in [0.3, 0.4) is 0 Å². The van der Waals surface area contributed by atoms with Gasteiger partial charge in [0.2, 0.25) is 0 Å². The molecule has 0 fully saturated rings. The molecular weight excluding hydrogens is 342 g/mol. The Morgan fingerprint density at radius 3 is 2.37 bits per heavy atom. The molecule has 0 saturated carbocycles. The van der Waals surface area contributed by atoms with E-state index < -0.39 is 5.91 Å². The van der Waals surface area contributed by atoms with Crippen LogP contribution in [0, 0.1) is 11.3 Å². The normalized spacial score (nSPS) is 10.8. The fourth-order valence-electron chi connectivity index (χ4n) is 2.18. The summed E-state index contributed by atoms with van der Waals surface area (Å²) in [5.41, 5.74) is 1.42. The number of carbonyl (C=O) groups is 2. The molecule has 0 aliphatic carbocycles. The molecule has 6 heteroatoms. The number of amides is 2. The molecule has 2 amide bonds. The third-order valence-electron chi connectivity index (χ3n) is 3.40. The van der Waals surface area contributed by atoms with Gasteiger partial charge in [-0.15, -0.1) is 0 Å². The van der Waals surface area contributed by atoms with Crippen molar-refractivity contribution in [2.45, 2.75) is 19.9 Å². The van der Waals surface area contributed by atoms with Gasteiger partial charge in [0.15, 0.2) is 6.61 Å². The van der Waals surface area contributed by atoms with Crippen LogP contribution >= 0.6 is 0 Å². The number of hydrogen-bond donors (Lipinski definition) is 2. The second kappa shape index (κ2) is 9.78. The molecule has 2 aromatic carbocycles. The van der Waals surface area contributed by atoms with E-state index in [0.717, 1.165) is 0 Å². The van der Waals surface area contributed by atoms with Gasteiger partial charge in [0, 0.05) is 11.7 Å². The van der Waals surface area contributed by atoms with E-state index in [4.69, 9.17) is 10.00 Å². The van der Waals surface area contributed by atoms with Crippen LogP contribution in [0.2, 0.25) is 0 Å². The van der Waals surface area contributed by atoms with Gasteiger partial charge in [-0.3, -0.25) is 9.59 Å². The van der Waals surface area contributed by atoms with Crippen molar-refractivity contribution in [3.63, 3.8) is 0 Å². The Bertz CT molecular complexity index is 850. The molecule has 27 heavy (non-hydrogen) atoms. The number of ether oxygens (including phenoxy) is 1. The van der Waals surface area contributed by atoms with E-state index in [2.05, 4.69) is 10.6 Å². The first-order valence-electron chi connectivity index (χ1n) is 8.48. The zero-order valence-electron chi connectivity index (χ0n) is 15.2. The number of benzene rings is 2. The number of carbonyl (C=O) groups excluding carboxylic acids is 2. The Morgan fingerprint density at radius 2 is 1.78 bits per heavy atom. The number of hydrogen-bond acceptors (Lipinski definition) is 4. The number of anilines is 1. The summed E-state index contributed by atoms with van der Waals surface area (Å²) in [5, 5.41) is 14.6. The standard InChI is InChI=1S/C21H21N3O3/c1-15(2)23-21(26)17(13-22)12-16-8-10-19(11-9-16)27-14-20(25)24-18-6-4-3-5-7-18/h3-12,15H,14H2,1-2H3,(H,23,26)(H,24,25)/b17-12+. The van der Waals surface area contributed by atoms with Crippen LogP contribution in [0.1, 0.15) is 19.4 Å². The monoisotopic (exact) mass is 363 g/mol. The molecule has 2 aromatic rings. The summed E-state index contributed by atoms with van der Waals surface area (Å²) < 4.78 is 5.45. The fourth-order valence-corrected chi connectivity index (χ4v) is 2.18. The molecule has 2 N–H and O–H groups in total. The predicted octanol–water partition coefficient (Wildman–Crippen LogP) is 3.14. The Balaban J connectivity index is 1.92. The van der Waals surface area contributed by atoms with Gasteiger partial charge in [-0.2, -0.15) is 5.26 Å². The number of nitriles is 1. The predicted molar refractivity (Wildman–Crippen MR) is 104 cm³/mol. The lowest BCUT2D eigenvalue weighted by atomic mass is 10.1. The Morgan fingerprint density at radius 1 is 1.11 bits per heavy atom. The van der Waals surface area contributed by atoms with Gasteiger partial charge in [-0.1, -0.05) is 30.3 Å². The SMILES string of the molecule is CC(C)NC(=O)/C(C#N)=C/c1ccc(OCC(=O)Nc2ccccc2)cc1. The minimum Gasteiger partial charge on any atom is -0.484 e. The first-order chi connectivity index (χ1) is 13.0. The molecular formula is C21H21N3O3. The second-order valence-corrected chi connectivity index (χ2v) is 6.07. The molecule has 0 atom stereocenters. The van der Waals surface area contributed by atoms with E-state index in [1.54, 1.807) is 36.4 Å². The van der Waals surface area contributed by atoms with Gasteiger partial charge < -0.3 is 15.4 Å². The smallest absolute Gasteiger partial charge is 0.262 e. The van der Waals surface area contributed by atoms with Gasteiger partial charge >= 0.3 is 0 Å². The second-order valence-electron chi connectivity index (χ2n) is 6.07. The van der Waals surface area contributed by atoms with Crippen LogP contribution in [0.15, 0.2) is 60.2 Å². The van der Waals surface area contributed by atoms with Crippen molar-refractivity contribution in [3.8, 4) is 11.8 Å². The maximum Gasteiger partial charge on any atom is 0.262 e. The molecule has 0 aliphatic rings. The highest BCUT2D eigenvalue weighted by Gasteiger charge is 2.10. The lowest BCUT2D eigenvalue weighted by Gasteiger charge is -2.08. The molecule has 6 nitrogen and oxygen atoms in total. The zero-order valence-corrected chi connectivity index (χ0v) is 15.2. The molecule has 138 valence electrons. The van der Waals surface area contributed by atoms with Gasteiger partial charge in [0.25, 0.3) is 11.8 Å². The average molecular weight is 363 g/mol. The molecule has 0 unspecified atom stereocenters. The van der Waals surface area contributed by atoms with Crippen molar-refractivity contribution in [3.05, 3.63) is 65.7 Å². The molecule has 0 radical (unpaired) electrons. The molecule has 0 spiro atoms. The summed E-state index contributed by atoms with van der Waals surface area (Å²) in [7, 11) is 0. The van der Waals surface area contributed by atoms with Crippen LogP contribution < -0.4 is 15.4 Å². The largest absolute Gasteiger partial charge is 0.484 e. The molecule has 0 aromatic heterocycles. The summed E-state index contributed by atoms with van der Waals surface area (Å²) in [6.07, 6.45) is 1.50. The maximum absolute atomic E-state index is 11.9. The first kappa shape index (κ1) is 19.7. The van der Waals surface area contributed by atoms with Gasteiger partial charge in [0.05, 0.1) is 0 Å². The number of nitrogens with zero attached hydrogens (tertiary/aromatic N) is 1. The van der Waals surface area contributed by atoms with Crippen molar-refractivity contribution in [2.24, 2.45) is 0 Å². The quantitative estimate of drug-likeness (QED) is 0.584. The van der Waals surface area contributed by atoms with Crippen LogP contribution in [0.5, 0.6) is 5.75 Å². The van der Waals surface area contributed by atoms with Crippen molar-refractivity contribution in [2.75, 3.05) is 11.9 Å². The highest BCUT2D eigenvalue weighted by molar-refractivity contribution is 6.01. The third-order valence-corrected chi connectivity index (χ3v) is 3.40. The van der Waals surface area contributed by atoms with E-state index in [9.17, 15) is 9.59 Å². The van der Waals surface area contributed by atoms with Crippen LogP contribution in [0.4, 0.5) is 5.69 Å². The Labute approximate surface area is 158 Å². The minimum absolute atomic E-state index is 0.0274. The summed E-state index contributed by atoms with van der Waals surface area (Å²) in [6, 6.07) is 17.7. The van der Waals surface area contributed by atoms with E-state index in [-0.39, 0.29) is 24.1 Å². The average Bonchev–Trinajstić information content (AvgIpc) is 2.65. The number of rotatable bonds is 7. The third kappa shape index (κ3) is 6.67. The summed E-state index contributed by atoms with van der Waals surface area (Å²) in [5.74, 6) is -0.159. The van der Waals surface area contributed by atoms with Crippen LogP contribution in [-0.4, -0.2) is 24.5 Å². The summed E-state index contributed by atoms with van der Waals surface area (Å²) in [4.78, 5) is 23.8. The van der Waals surface area contributed by atoms with E-state index >= 15 is 0 Å². The van der Waals surface area contributed by atoms with Crippen molar-refractivity contribution in [1.82, 2.24) is 5.32 Å². The minimum atomic E-state index is -0.412. The van der Waals surface area contributed by atoms with E-state index in [1.165, 1.54) is 6.08 Å². The van der Waals surface area contributed by atoms with Crippen molar-refractivity contribution in [1.29, 1.82) is 5.26 Å². The van der Waals surface area contributed by atoms with Crippen molar-refractivity contribution >= 4 is 23.6 Å². The van der Waals surface area contributed by atoms with E-state index in [1.807, 2.05) is 38.1 Å². The van der Waals surface area contributed by atoms with Gasteiger partial charge in [-0.05, 0) is 49.8 Å². The Hall–Kier alpha value is -3.59. The highest BCUT2D eigenvalue weighted by atomic mass is 16.5. The summed E-state index contributed by atoms with van der Waals surface area (Å²) >= 11 is 0. The topological polar surface area (TPSA) is 91.2 Å². The molecule has 0 aliphatic heterocycles. The molecule has 2 rings (SSSR count). The molecule has 0 heterocycles. The van der Waals surface area contributed by atoms with Crippen molar-refractivity contribution < 1.29 is 14.3 Å². The lowest BCUT2D eigenvalue weighted by Crippen LogP contribution is -2.30. The van der Waals surface area contributed by atoms with E-state index in [0.29, 0.717) is 17.0 Å². The maximum atomic E-state index is 11.9. The Kier molecular flexibility index (Phi) is 7.15. The van der Waals surface area contributed by atoms with Crippen LogP contribution in [0.25, 0.3) is 6.08 Å². The van der Waals surface area contributed by atoms with Gasteiger partial charge in [-0.25, -0.2) is 0 Å². The zero-order chi connectivity index (χ0) is 19.6. The van der Waals surface area contributed by atoms with Gasteiger partial charge in [0.1, 0.15) is 17.4 Å².